The summed E-state index contributed by atoms with van der Waals surface area (Å²) in [7, 11) is 0. The van der Waals surface area contributed by atoms with Gasteiger partial charge in [0.05, 0.1) is 12.7 Å². The molecule has 3 saturated carbocycles. The smallest absolute Gasteiger partial charge is 0.266 e. The lowest BCUT2D eigenvalue weighted by Crippen LogP contribution is -2.31. The standard InChI is InChI=1S/C34H56F2O/c1-2-6-33-24-23-32(25-37-33)31-21-15-27(16-22-31)8-4-3-7-26-11-17-29(18-12-26)30-19-13-28(14-20-30)9-5-10-34(35)36/h2,6,10,26-33H,3-5,7-9,11-25H2,1H3. The molecule has 1 nitrogen and oxygen atoms in total. The van der Waals surface area contributed by atoms with E-state index in [0.29, 0.717) is 18.4 Å². The molecule has 1 heterocycles. The molecule has 2 atom stereocenters. The van der Waals surface area contributed by atoms with Crippen molar-refractivity contribution in [1.82, 2.24) is 0 Å². The molecule has 4 aliphatic rings. The number of rotatable bonds is 11. The molecule has 212 valence electrons. The van der Waals surface area contributed by atoms with Gasteiger partial charge in [-0.1, -0.05) is 76.4 Å². The van der Waals surface area contributed by atoms with E-state index < -0.39 is 6.08 Å². The van der Waals surface area contributed by atoms with Crippen molar-refractivity contribution in [2.45, 2.75) is 141 Å². The molecule has 0 spiro atoms. The van der Waals surface area contributed by atoms with Crippen LogP contribution in [-0.4, -0.2) is 12.7 Å². The van der Waals surface area contributed by atoms with Gasteiger partial charge in [0.2, 0.25) is 0 Å². The van der Waals surface area contributed by atoms with Crippen LogP contribution in [0.1, 0.15) is 135 Å². The zero-order chi connectivity index (χ0) is 25.9. The zero-order valence-corrected chi connectivity index (χ0v) is 23.9. The number of unbranched alkanes of at least 4 members (excludes halogenated alkanes) is 1. The first-order chi connectivity index (χ1) is 18.1. The largest absolute Gasteiger partial charge is 0.374 e. The highest BCUT2D eigenvalue weighted by atomic mass is 19.3. The van der Waals surface area contributed by atoms with Gasteiger partial charge in [-0.2, -0.15) is 8.78 Å². The first-order valence-electron chi connectivity index (χ1n) is 16.4. The first-order valence-corrected chi connectivity index (χ1v) is 16.4. The quantitative estimate of drug-likeness (QED) is 0.195. The van der Waals surface area contributed by atoms with Crippen LogP contribution in [0.5, 0.6) is 0 Å². The Balaban J connectivity index is 1.01. The second-order valence-electron chi connectivity index (χ2n) is 13.4. The van der Waals surface area contributed by atoms with Crippen LogP contribution in [0.25, 0.3) is 0 Å². The van der Waals surface area contributed by atoms with Gasteiger partial charge in [-0.25, -0.2) is 0 Å². The van der Waals surface area contributed by atoms with Crippen molar-refractivity contribution in [1.29, 1.82) is 0 Å². The van der Waals surface area contributed by atoms with Crippen molar-refractivity contribution in [2.75, 3.05) is 6.61 Å². The van der Waals surface area contributed by atoms with E-state index in [-0.39, 0.29) is 0 Å². The van der Waals surface area contributed by atoms with Gasteiger partial charge in [-0.15, -0.1) is 0 Å². The summed E-state index contributed by atoms with van der Waals surface area (Å²) < 4.78 is 30.6. The fourth-order valence-corrected chi connectivity index (χ4v) is 8.67. The fourth-order valence-electron chi connectivity index (χ4n) is 8.67. The number of hydrogen-bond donors (Lipinski definition) is 0. The minimum atomic E-state index is -1.50. The monoisotopic (exact) mass is 518 g/mol. The highest BCUT2D eigenvalue weighted by Gasteiger charge is 2.32. The van der Waals surface area contributed by atoms with E-state index in [2.05, 4.69) is 19.1 Å². The van der Waals surface area contributed by atoms with E-state index in [1.165, 1.54) is 116 Å². The molecule has 0 amide bonds. The summed E-state index contributed by atoms with van der Waals surface area (Å²) in [4.78, 5) is 0. The summed E-state index contributed by atoms with van der Waals surface area (Å²) in [5.41, 5.74) is 0. The van der Waals surface area contributed by atoms with Crippen molar-refractivity contribution in [3.63, 3.8) is 0 Å². The summed E-state index contributed by atoms with van der Waals surface area (Å²) in [5.74, 6) is 6.31. The van der Waals surface area contributed by atoms with Crippen molar-refractivity contribution >= 4 is 0 Å². The molecule has 0 N–H and O–H groups in total. The van der Waals surface area contributed by atoms with Crippen LogP contribution >= 0.6 is 0 Å². The molecule has 3 heteroatoms. The molecule has 0 radical (unpaired) electrons. The lowest BCUT2D eigenvalue weighted by molar-refractivity contribution is -0.0168. The van der Waals surface area contributed by atoms with Gasteiger partial charge in [-0.3, -0.25) is 0 Å². The van der Waals surface area contributed by atoms with E-state index in [4.69, 9.17) is 4.74 Å². The van der Waals surface area contributed by atoms with Gasteiger partial charge in [0.25, 0.3) is 6.08 Å². The van der Waals surface area contributed by atoms with Crippen molar-refractivity contribution < 1.29 is 13.5 Å². The van der Waals surface area contributed by atoms with Crippen molar-refractivity contribution in [3.8, 4) is 0 Å². The molecule has 37 heavy (non-hydrogen) atoms. The molecule has 0 bridgehead atoms. The van der Waals surface area contributed by atoms with Crippen LogP contribution in [0.2, 0.25) is 0 Å². The van der Waals surface area contributed by atoms with Gasteiger partial charge in [0.15, 0.2) is 0 Å². The van der Waals surface area contributed by atoms with Crippen LogP contribution in [0, 0.1) is 41.4 Å². The van der Waals surface area contributed by atoms with Crippen LogP contribution in [0.4, 0.5) is 8.78 Å². The average molecular weight is 519 g/mol. The second kappa shape index (κ2) is 15.8. The van der Waals surface area contributed by atoms with Crippen LogP contribution in [0.15, 0.2) is 24.3 Å². The maximum Gasteiger partial charge on any atom is 0.266 e. The fraction of sp³-hybridized carbons (Fsp3) is 0.882. The van der Waals surface area contributed by atoms with Gasteiger partial charge >= 0.3 is 0 Å². The first kappa shape index (κ1) is 29.3. The highest BCUT2D eigenvalue weighted by Crippen LogP contribution is 2.44. The molecule has 0 aromatic rings. The van der Waals surface area contributed by atoms with Crippen molar-refractivity contribution in [3.05, 3.63) is 24.3 Å². The summed E-state index contributed by atoms with van der Waals surface area (Å²) >= 11 is 0. The molecular weight excluding hydrogens is 462 g/mol. The maximum absolute atomic E-state index is 12.3. The number of halogens is 2. The Labute approximate surface area is 227 Å². The molecule has 4 rings (SSSR count). The third-order valence-corrected chi connectivity index (χ3v) is 11.1. The molecule has 4 fully saturated rings. The van der Waals surface area contributed by atoms with Gasteiger partial charge in [0.1, 0.15) is 0 Å². The van der Waals surface area contributed by atoms with Crippen molar-refractivity contribution in [2.24, 2.45) is 41.4 Å². The lowest BCUT2D eigenvalue weighted by Gasteiger charge is -2.38. The minimum absolute atomic E-state index is 0.379. The number of hydrogen-bond acceptors (Lipinski definition) is 1. The lowest BCUT2D eigenvalue weighted by atomic mass is 9.68. The third kappa shape index (κ3) is 9.77. The average Bonchev–Trinajstić information content (AvgIpc) is 2.93. The molecule has 0 aromatic carbocycles. The highest BCUT2D eigenvalue weighted by molar-refractivity contribution is 4.91. The topological polar surface area (TPSA) is 9.23 Å². The van der Waals surface area contributed by atoms with Crippen LogP contribution in [0.3, 0.4) is 0 Å². The van der Waals surface area contributed by atoms with Gasteiger partial charge in [-0.05, 0) is 119 Å². The molecule has 2 unspecified atom stereocenters. The van der Waals surface area contributed by atoms with Crippen LogP contribution in [-0.2, 0) is 4.74 Å². The Morgan fingerprint density at radius 1 is 0.622 bits per heavy atom. The molecule has 0 aromatic heterocycles. The number of ether oxygens (including phenoxy) is 1. The summed E-state index contributed by atoms with van der Waals surface area (Å²) in [6.07, 6.45) is 31.3. The molecule has 1 saturated heterocycles. The Hall–Kier alpha value is -0.700. The zero-order valence-electron chi connectivity index (χ0n) is 23.9. The Morgan fingerprint density at radius 3 is 1.51 bits per heavy atom. The number of allylic oxidation sites excluding steroid dienone is 2. The SMILES string of the molecule is CC=CC1CCC(C2CCC(CCCCC3CCC(C4CCC(CCC=C(F)F)CC4)CC3)CC2)CO1. The second-order valence-corrected chi connectivity index (χ2v) is 13.4. The summed E-state index contributed by atoms with van der Waals surface area (Å²) in [6.45, 7) is 3.09. The van der Waals surface area contributed by atoms with Gasteiger partial charge < -0.3 is 4.74 Å². The Bertz CT molecular complexity index is 666. The normalized spacial score (nSPS) is 37.5. The minimum Gasteiger partial charge on any atom is -0.374 e. The van der Waals surface area contributed by atoms with Gasteiger partial charge in [0, 0.05) is 0 Å². The Morgan fingerprint density at radius 2 is 1.08 bits per heavy atom. The predicted molar refractivity (Wildman–Crippen MR) is 152 cm³/mol. The molecule has 3 aliphatic carbocycles. The molecule has 1 aliphatic heterocycles. The third-order valence-electron chi connectivity index (χ3n) is 11.1. The molecular formula is C34H56F2O. The van der Waals surface area contributed by atoms with E-state index in [0.717, 1.165) is 54.6 Å². The van der Waals surface area contributed by atoms with Crippen LogP contribution < -0.4 is 0 Å². The van der Waals surface area contributed by atoms with E-state index >= 15 is 0 Å². The summed E-state index contributed by atoms with van der Waals surface area (Å²) in [5, 5.41) is 0. The summed E-state index contributed by atoms with van der Waals surface area (Å²) in [6, 6.07) is 0. The van der Waals surface area contributed by atoms with E-state index in [1.54, 1.807) is 0 Å². The Kier molecular flexibility index (Phi) is 12.5. The maximum atomic E-state index is 12.3. The predicted octanol–water partition coefficient (Wildman–Crippen LogP) is 10.9. The van der Waals surface area contributed by atoms with E-state index in [9.17, 15) is 8.78 Å². The van der Waals surface area contributed by atoms with E-state index in [1.807, 2.05) is 0 Å².